The third-order valence-electron chi connectivity index (χ3n) is 3.10. The first-order valence-corrected chi connectivity index (χ1v) is 7.77. The fourth-order valence-corrected chi connectivity index (χ4v) is 2.58. The van der Waals surface area contributed by atoms with Gasteiger partial charge in [-0.2, -0.15) is 0 Å². The van der Waals surface area contributed by atoms with Crippen LogP contribution in [-0.4, -0.2) is 45.0 Å². The second-order valence-electron chi connectivity index (χ2n) is 4.73. The smallest absolute Gasteiger partial charge is 0.233 e. The van der Waals surface area contributed by atoms with Crippen molar-refractivity contribution in [1.82, 2.24) is 25.5 Å². The van der Waals surface area contributed by atoms with Crippen molar-refractivity contribution in [3.8, 4) is 5.75 Å². The Kier molecular flexibility index (Phi) is 5.76. The quantitative estimate of drug-likeness (QED) is 0.768. The Hall–Kier alpha value is -2.09. The molecule has 0 spiro atoms. The molecule has 0 aliphatic carbocycles. The van der Waals surface area contributed by atoms with E-state index in [1.54, 1.807) is 18.8 Å². The monoisotopic (exact) mass is 321 g/mol. The lowest BCUT2D eigenvalue weighted by molar-refractivity contribution is -0.120. The molecule has 118 valence electrons. The normalized spacial score (nSPS) is 12.0. The zero-order chi connectivity index (χ0) is 15.9. The minimum atomic E-state index is -0.249. The van der Waals surface area contributed by atoms with Gasteiger partial charge in [-0.15, -0.1) is 5.10 Å². The van der Waals surface area contributed by atoms with Gasteiger partial charge in [0.15, 0.2) is 0 Å². The number of rotatable bonds is 7. The summed E-state index contributed by atoms with van der Waals surface area (Å²) in [4.78, 5) is 12.0. The average Bonchev–Trinajstić information content (AvgIpc) is 2.93. The minimum absolute atomic E-state index is 0.0264. The van der Waals surface area contributed by atoms with Gasteiger partial charge in [0.05, 0.1) is 12.4 Å². The second kappa shape index (κ2) is 7.79. The van der Waals surface area contributed by atoms with Crippen molar-refractivity contribution in [1.29, 1.82) is 0 Å². The van der Waals surface area contributed by atoms with Gasteiger partial charge in [0, 0.05) is 13.6 Å². The van der Waals surface area contributed by atoms with Crippen LogP contribution in [0, 0.1) is 0 Å². The molecule has 2 rings (SSSR count). The van der Waals surface area contributed by atoms with E-state index in [-0.39, 0.29) is 11.2 Å². The Morgan fingerprint density at radius 3 is 2.73 bits per heavy atom. The predicted molar refractivity (Wildman–Crippen MR) is 83.8 cm³/mol. The SMILES string of the molecule is COc1ccc(CCNC(=O)C(C)Sc2nnnn2C)cc1. The number of hydrogen-bond acceptors (Lipinski definition) is 6. The van der Waals surface area contributed by atoms with Gasteiger partial charge in [-0.3, -0.25) is 4.79 Å². The summed E-state index contributed by atoms with van der Waals surface area (Å²) in [6.07, 6.45) is 0.776. The fraction of sp³-hybridized carbons (Fsp3) is 0.429. The van der Waals surface area contributed by atoms with E-state index in [9.17, 15) is 4.79 Å². The van der Waals surface area contributed by atoms with E-state index in [0.717, 1.165) is 17.7 Å². The van der Waals surface area contributed by atoms with Crippen LogP contribution in [0.1, 0.15) is 12.5 Å². The number of tetrazole rings is 1. The third kappa shape index (κ3) is 4.45. The number of carbonyl (C=O) groups is 1. The standard InChI is InChI=1S/C14H19N5O2S/c1-10(22-14-16-17-18-19(14)2)13(20)15-9-8-11-4-6-12(21-3)7-5-11/h4-7,10H,8-9H2,1-3H3,(H,15,20). The summed E-state index contributed by atoms with van der Waals surface area (Å²) in [5, 5.41) is 14.4. The molecule has 22 heavy (non-hydrogen) atoms. The molecular formula is C14H19N5O2S. The Balaban J connectivity index is 1.75. The Bertz CT molecular complexity index is 614. The molecule has 0 aliphatic rings. The number of aromatic nitrogens is 4. The van der Waals surface area contributed by atoms with Gasteiger partial charge >= 0.3 is 0 Å². The second-order valence-corrected chi connectivity index (χ2v) is 6.04. The number of nitrogens with zero attached hydrogens (tertiary/aromatic N) is 4. The van der Waals surface area contributed by atoms with Crippen LogP contribution in [0.5, 0.6) is 5.75 Å². The van der Waals surface area contributed by atoms with E-state index < -0.39 is 0 Å². The highest BCUT2D eigenvalue weighted by Crippen LogP contribution is 2.19. The zero-order valence-corrected chi connectivity index (χ0v) is 13.6. The number of carbonyl (C=O) groups excluding carboxylic acids is 1. The summed E-state index contributed by atoms with van der Waals surface area (Å²) >= 11 is 1.33. The lowest BCUT2D eigenvalue weighted by atomic mass is 10.1. The molecular weight excluding hydrogens is 302 g/mol. The van der Waals surface area contributed by atoms with E-state index >= 15 is 0 Å². The average molecular weight is 321 g/mol. The van der Waals surface area contributed by atoms with Crippen molar-refractivity contribution in [3.63, 3.8) is 0 Å². The van der Waals surface area contributed by atoms with E-state index in [0.29, 0.717) is 11.7 Å². The number of nitrogens with one attached hydrogen (secondary N) is 1. The van der Waals surface area contributed by atoms with Crippen molar-refractivity contribution in [2.75, 3.05) is 13.7 Å². The molecule has 1 heterocycles. The molecule has 1 amide bonds. The largest absolute Gasteiger partial charge is 0.497 e. The lowest BCUT2D eigenvalue weighted by Gasteiger charge is -2.11. The molecule has 0 fully saturated rings. The molecule has 0 saturated carbocycles. The highest BCUT2D eigenvalue weighted by molar-refractivity contribution is 8.00. The van der Waals surface area contributed by atoms with Crippen LogP contribution in [0.3, 0.4) is 0 Å². The van der Waals surface area contributed by atoms with Crippen molar-refractivity contribution in [3.05, 3.63) is 29.8 Å². The van der Waals surface area contributed by atoms with E-state index in [1.165, 1.54) is 11.8 Å². The van der Waals surface area contributed by atoms with Gasteiger partial charge in [0.1, 0.15) is 5.75 Å². The maximum atomic E-state index is 12.0. The fourth-order valence-electron chi connectivity index (χ4n) is 1.80. The van der Waals surface area contributed by atoms with Crippen LogP contribution < -0.4 is 10.1 Å². The molecule has 0 aliphatic heterocycles. The van der Waals surface area contributed by atoms with Crippen LogP contribution in [0.15, 0.2) is 29.4 Å². The van der Waals surface area contributed by atoms with Gasteiger partial charge in [-0.25, -0.2) is 4.68 Å². The van der Waals surface area contributed by atoms with E-state index in [1.807, 2.05) is 31.2 Å². The van der Waals surface area contributed by atoms with Crippen LogP contribution >= 0.6 is 11.8 Å². The summed E-state index contributed by atoms with van der Waals surface area (Å²) in [7, 11) is 3.39. The van der Waals surface area contributed by atoms with Gasteiger partial charge < -0.3 is 10.1 Å². The van der Waals surface area contributed by atoms with Crippen molar-refractivity contribution in [2.45, 2.75) is 23.8 Å². The maximum Gasteiger partial charge on any atom is 0.233 e. The van der Waals surface area contributed by atoms with Crippen LogP contribution in [-0.2, 0) is 18.3 Å². The van der Waals surface area contributed by atoms with Crippen molar-refractivity contribution < 1.29 is 9.53 Å². The van der Waals surface area contributed by atoms with Crippen LogP contribution in [0.4, 0.5) is 0 Å². The molecule has 1 aromatic heterocycles. The number of benzene rings is 1. The van der Waals surface area contributed by atoms with E-state index in [4.69, 9.17) is 4.74 Å². The van der Waals surface area contributed by atoms with E-state index in [2.05, 4.69) is 20.8 Å². The number of hydrogen-bond donors (Lipinski definition) is 1. The summed E-state index contributed by atoms with van der Waals surface area (Å²) in [6, 6.07) is 7.82. The summed E-state index contributed by atoms with van der Waals surface area (Å²) in [5.74, 6) is 0.802. The molecule has 2 aromatic rings. The van der Waals surface area contributed by atoms with Gasteiger partial charge in [-0.1, -0.05) is 23.9 Å². The molecule has 1 aromatic carbocycles. The number of methoxy groups -OCH3 is 1. The molecule has 1 atom stereocenters. The molecule has 8 heteroatoms. The number of ether oxygens (including phenoxy) is 1. The summed E-state index contributed by atoms with van der Waals surface area (Å²) < 4.78 is 6.66. The first-order valence-electron chi connectivity index (χ1n) is 6.90. The zero-order valence-electron chi connectivity index (χ0n) is 12.8. The lowest BCUT2D eigenvalue weighted by Crippen LogP contribution is -2.32. The summed E-state index contributed by atoms with van der Waals surface area (Å²) in [5.41, 5.74) is 1.15. The van der Waals surface area contributed by atoms with Gasteiger partial charge in [-0.05, 0) is 41.5 Å². The van der Waals surface area contributed by atoms with Crippen molar-refractivity contribution >= 4 is 17.7 Å². The van der Waals surface area contributed by atoms with Gasteiger partial charge in [0.25, 0.3) is 0 Å². The van der Waals surface area contributed by atoms with Crippen molar-refractivity contribution in [2.24, 2.45) is 7.05 Å². The molecule has 0 radical (unpaired) electrons. The van der Waals surface area contributed by atoms with Gasteiger partial charge in [0.2, 0.25) is 11.1 Å². The highest BCUT2D eigenvalue weighted by atomic mass is 32.2. The Morgan fingerprint density at radius 2 is 2.14 bits per heavy atom. The molecule has 1 N–H and O–H groups in total. The number of thioether (sulfide) groups is 1. The predicted octanol–water partition coefficient (Wildman–Crippen LogP) is 1.06. The molecule has 0 bridgehead atoms. The molecule has 1 unspecified atom stereocenters. The number of aryl methyl sites for hydroxylation is 1. The highest BCUT2D eigenvalue weighted by Gasteiger charge is 2.17. The topological polar surface area (TPSA) is 81.9 Å². The third-order valence-corrected chi connectivity index (χ3v) is 4.23. The minimum Gasteiger partial charge on any atom is -0.497 e. The first kappa shape index (κ1) is 16.3. The maximum absolute atomic E-state index is 12.0. The number of amides is 1. The van der Waals surface area contributed by atoms with Crippen LogP contribution in [0.25, 0.3) is 0 Å². The molecule has 7 nitrogen and oxygen atoms in total. The van der Waals surface area contributed by atoms with Crippen LogP contribution in [0.2, 0.25) is 0 Å². The Morgan fingerprint density at radius 1 is 1.41 bits per heavy atom. The first-order chi connectivity index (χ1) is 10.6. The summed E-state index contributed by atoms with van der Waals surface area (Å²) in [6.45, 7) is 2.43. The molecule has 0 saturated heterocycles. The Labute approximate surface area is 133 Å².